The zero-order valence-corrected chi connectivity index (χ0v) is 27.0. The summed E-state index contributed by atoms with van der Waals surface area (Å²) in [6.07, 6.45) is 10.3. The fourth-order valence-corrected chi connectivity index (χ4v) is 7.41. The quantitative estimate of drug-likeness (QED) is 0.101. The Labute approximate surface area is 270 Å². The van der Waals surface area contributed by atoms with Gasteiger partial charge in [0, 0.05) is 12.5 Å². The van der Waals surface area contributed by atoms with Crippen molar-refractivity contribution < 1.29 is 37.4 Å². The lowest BCUT2D eigenvalue weighted by molar-refractivity contribution is -0.139. The van der Waals surface area contributed by atoms with Crippen molar-refractivity contribution in [3.05, 3.63) is 36.9 Å². The molecule has 0 spiro atoms. The molecule has 3 amide bonds. The summed E-state index contributed by atoms with van der Waals surface area (Å²) in [4.78, 5) is 49.6. The van der Waals surface area contributed by atoms with E-state index in [0.717, 1.165) is 57.8 Å². The molecule has 1 aromatic carbocycles. The standard InChI is InChI=1S/C32H47N5O8S/c1-2-22-21-32(22,36-28(38)25-17-12-20-34-25)30(41)37-46(43,44)27-18-10-9-15-24(27)33-19-11-5-3-4-6-16-26(29(39)40)35-31(42)45-23-13-7-8-14-23/h2,9-10,15,18,22-23,25-26,33-34H,1,3-8,11-14,16-17,19-21H2,(H,35,42)(H,36,38)(H,37,41)(H,39,40)/t22-,25?,26?,32-/m1/s1. The highest BCUT2D eigenvalue weighted by Gasteiger charge is 2.61. The summed E-state index contributed by atoms with van der Waals surface area (Å²) in [6, 6.07) is 4.92. The molecule has 2 unspecified atom stereocenters. The first-order chi connectivity index (χ1) is 22.1. The number of hydrogen-bond acceptors (Lipinski definition) is 9. The number of unbranched alkanes of at least 4 members (excludes halogenated alkanes) is 4. The molecule has 254 valence electrons. The summed E-state index contributed by atoms with van der Waals surface area (Å²) >= 11 is 0. The molecule has 1 aromatic rings. The van der Waals surface area contributed by atoms with Gasteiger partial charge in [0.1, 0.15) is 22.6 Å². The van der Waals surface area contributed by atoms with E-state index < -0.39 is 45.6 Å². The van der Waals surface area contributed by atoms with Gasteiger partial charge in [0.2, 0.25) is 5.91 Å². The molecular weight excluding hydrogens is 614 g/mol. The zero-order valence-electron chi connectivity index (χ0n) is 26.2. The molecule has 0 aromatic heterocycles. The molecule has 1 aliphatic heterocycles. The second-order valence-electron chi connectivity index (χ2n) is 12.4. The van der Waals surface area contributed by atoms with E-state index in [-0.39, 0.29) is 29.2 Å². The number of anilines is 1. The van der Waals surface area contributed by atoms with Crippen LogP contribution in [-0.2, 0) is 29.1 Å². The Morgan fingerprint density at radius 3 is 2.43 bits per heavy atom. The Kier molecular flexibility index (Phi) is 12.4. The molecule has 3 fully saturated rings. The lowest BCUT2D eigenvalue weighted by atomic mass is 10.1. The van der Waals surface area contributed by atoms with Crippen molar-refractivity contribution in [2.24, 2.45) is 5.92 Å². The number of sulfonamides is 1. The fourth-order valence-electron chi connectivity index (χ4n) is 6.18. The van der Waals surface area contributed by atoms with E-state index in [1.165, 1.54) is 6.07 Å². The van der Waals surface area contributed by atoms with Gasteiger partial charge < -0.3 is 31.1 Å². The summed E-state index contributed by atoms with van der Waals surface area (Å²) in [5.41, 5.74) is -0.996. The normalized spacial score (nSPS) is 23.2. The maximum atomic E-state index is 13.3. The highest BCUT2D eigenvalue weighted by Crippen LogP contribution is 2.45. The van der Waals surface area contributed by atoms with Gasteiger partial charge in [-0.05, 0) is 76.5 Å². The van der Waals surface area contributed by atoms with E-state index in [0.29, 0.717) is 38.0 Å². The number of hydrogen-bond donors (Lipinski definition) is 6. The number of aliphatic carboxylic acids is 1. The molecular formula is C32H47N5O8S. The number of carboxylic acids is 1. The number of ether oxygens (including phenoxy) is 1. The largest absolute Gasteiger partial charge is 0.480 e. The Morgan fingerprint density at radius 2 is 1.76 bits per heavy atom. The van der Waals surface area contributed by atoms with Crippen molar-refractivity contribution in [2.75, 3.05) is 18.4 Å². The number of para-hydroxylation sites is 1. The fraction of sp³-hybridized carbons (Fsp3) is 0.625. The number of carboxylic acid groups (broad SMARTS) is 1. The first-order valence-electron chi connectivity index (χ1n) is 16.3. The van der Waals surface area contributed by atoms with Gasteiger partial charge in [-0.25, -0.2) is 22.7 Å². The summed E-state index contributed by atoms with van der Waals surface area (Å²) in [5.74, 6) is -2.57. The van der Waals surface area contributed by atoms with Crippen LogP contribution in [0.5, 0.6) is 0 Å². The Morgan fingerprint density at radius 1 is 1.04 bits per heavy atom. The molecule has 14 heteroatoms. The smallest absolute Gasteiger partial charge is 0.408 e. The number of alkyl carbamates (subject to hydrolysis) is 1. The maximum absolute atomic E-state index is 13.3. The summed E-state index contributed by atoms with van der Waals surface area (Å²) in [7, 11) is -4.26. The lowest BCUT2D eigenvalue weighted by Gasteiger charge is -2.21. The molecule has 2 aliphatic carbocycles. The predicted molar refractivity (Wildman–Crippen MR) is 171 cm³/mol. The van der Waals surface area contributed by atoms with Crippen molar-refractivity contribution in [1.82, 2.24) is 20.7 Å². The highest BCUT2D eigenvalue weighted by atomic mass is 32.2. The van der Waals surface area contributed by atoms with Gasteiger partial charge in [0.25, 0.3) is 15.9 Å². The Bertz CT molecular complexity index is 1360. The summed E-state index contributed by atoms with van der Waals surface area (Å²) in [6.45, 7) is 4.93. The molecule has 4 rings (SSSR count). The number of amides is 3. The van der Waals surface area contributed by atoms with Gasteiger partial charge in [0.05, 0.1) is 11.7 Å². The van der Waals surface area contributed by atoms with E-state index in [9.17, 15) is 32.7 Å². The number of carbonyl (C=O) groups excluding carboxylic acids is 3. The van der Waals surface area contributed by atoms with E-state index >= 15 is 0 Å². The SMILES string of the molecule is C=C[C@@H]1C[C@]1(NC(=O)C1CCCN1)C(=O)NS(=O)(=O)c1ccccc1NCCCCCCCC(NC(=O)OC1CCCC1)C(=O)O. The first-order valence-corrected chi connectivity index (χ1v) is 17.8. The van der Waals surface area contributed by atoms with Gasteiger partial charge in [0.15, 0.2) is 0 Å². The van der Waals surface area contributed by atoms with E-state index in [1.54, 1.807) is 24.3 Å². The third-order valence-corrected chi connectivity index (χ3v) is 10.4. The van der Waals surface area contributed by atoms with E-state index in [2.05, 4.69) is 32.6 Å². The summed E-state index contributed by atoms with van der Waals surface area (Å²) in [5, 5.41) is 20.9. The van der Waals surface area contributed by atoms with Crippen molar-refractivity contribution >= 4 is 39.6 Å². The minimum absolute atomic E-state index is 0.0724. The van der Waals surface area contributed by atoms with Crippen LogP contribution in [0.3, 0.4) is 0 Å². The molecule has 1 heterocycles. The van der Waals surface area contributed by atoms with E-state index in [4.69, 9.17) is 4.74 Å². The van der Waals surface area contributed by atoms with Crippen molar-refractivity contribution in [1.29, 1.82) is 0 Å². The monoisotopic (exact) mass is 661 g/mol. The minimum Gasteiger partial charge on any atom is -0.480 e. The van der Waals surface area contributed by atoms with Crippen LogP contribution in [0, 0.1) is 5.92 Å². The van der Waals surface area contributed by atoms with Gasteiger partial charge in [-0.2, -0.15) is 0 Å². The van der Waals surface area contributed by atoms with Crippen LogP contribution in [0.25, 0.3) is 0 Å². The van der Waals surface area contributed by atoms with Gasteiger partial charge in [-0.3, -0.25) is 9.59 Å². The van der Waals surface area contributed by atoms with Crippen LogP contribution < -0.4 is 26.0 Å². The van der Waals surface area contributed by atoms with Crippen molar-refractivity contribution in [3.63, 3.8) is 0 Å². The Balaban J connectivity index is 1.19. The number of carbonyl (C=O) groups is 4. The number of rotatable bonds is 18. The van der Waals surface area contributed by atoms with Crippen molar-refractivity contribution in [2.45, 2.75) is 112 Å². The number of benzene rings is 1. The average Bonchev–Trinajstić information content (AvgIpc) is 3.37. The topological polar surface area (TPSA) is 192 Å². The second kappa shape index (κ2) is 16.3. The summed E-state index contributed by atoms with van der Waals surface area (Å²) < 4.78 is 34.2. The van der Waals surface area contributed by atoms with Crippen molar-refractivity contribution in [3.8, 4) is 0 Å². The minimum atomic E-state index is -4.26. The second-order valence-corrected chi connectivity index (χ2v) is 14.1. The molecule has 13 nitrogen and oxygen atoms in total. The molecule has 3 aliphatic rings. The van der Waals surface area contributed by atoms with E-state index in [1.807, 2.05) is 0 Å². The first kappa shape index (κ1) is 35.2. The van der Waals surface area contributed by atoms with Gasteiger partial charge >= 0.3 is 12.1 Å². The predicted octanol–water partition coefficient (Wildman–Crippen LogP) is 3.18. The Hall–Kier alpha value is -3.65. The van der Waals surface area contributed by atoms with Crippen LogP contribution in [0.4, 0.5) is 10.5 Å². The lowest BCUT2D eigenvalue weighted by Crippen LogP contribution is -2.55. The molecule has 2 saturated carbocycles. The number of nitrogens with one attached hydrogen (secondary N) is 5. The molecule has 46 heavy (non-hydrogen) atoms. The van der Waals surface area contributed by atoms with Crippen LogP contribution in [-0.4, -0.2) is 74.2 Å². The molecule has 1 saturated heterocycles. The third-order valence-electron chi connectivity index (χ3n) is 8.98. The molecule has 4 atom stereocenters. The maximum Gasteiger partial charge on any atom is 0.408 e. The van der Waals surface area contributed by atoms with Crippen LogP contribution in [0.1, 0.15) is 83.5 Å². The molecule has 0 bridgehead atoms. The van der Waals surface area contributed by atoms with Gasteiger partial charge in [-0.1, -0.05) is 43.9 Å². The molecule has 0 radical (unpaired) electrons. The zero-order chi connectivity index (χ0) is 33.2. The van der Waals surface area contributed by atoms with Crippen LogP contribution in [0.15, 0.2) is 41.8 Å². The third kappa shape index (κ3) is 9.44. The van der Waals surface area contributed by atoms with Crippen LogP contribution >= 0.6 is 0 Å². The average molecular weight is 662 g/mol. The van der Waals surface area contributed by atoms with Crippen LogP contribution in [0.2, 0.25) is 0 Å². The van der Waals surface area contributed by atoms with Gasteiger partial charge in [-0.15, -0.1) is 6.58 Å². The molecule has 6 N–H and O–H groups in total. The highest BCUT2D eigenvalue weighted by molar-refractivity contribution is 7.90.